The van der Waals surface area contributed by atoms with E-state index in [0.29, 0.717) is 5.41 Å². The fourth-order valence-corrected chi connectivity index (χ4v) is 3.08. The predicted octanol–water partition coefficient (Wildman–Crippen LogP) is 3.31. The molecule has 0 bridgehead atoms. The molecule has 0 amide bonds. The molecule has 1 heteroatoms. The van der Waals surface area contributed by atoms with Gasteiger partial charge in [0, 0.05) is 0 Å². The molecule has 0 aromatic rings. The number of allylic oxidation sites excluding steroid dienone is 2. The van der Waals surface area contributed by atoms with Crippen LogP contribution in [0.1, 0.15) is 39.5 Å². The molecule has 0 aliphatic heterocycles. The minimum atomic E-state index is -0.222. The maximum Gasteiger partial charge on any atom is 0.0753 e. The van der Waals surface area contributed by atoms with Crippen molar-refractivity contribution in [2.45, 2.75) is 45.6 Å². The highest BCUT2D eigenvalue weighted by molar-refractivity contribution is 5.22. The van der Waals surface area contributed by atoms with Crippen molar-refractivity contribution in [1.29, 1.82) is 0 Å². The topological polar surface area (TPSA) is 20.2 Å². The van der Waals surface area contributed by atoms with E-state index in [-0.39, 0.29) is 6.10 Å². The molecular weight excluding hydrogens is 184 g/mol. The normalized spacial score (nSPS) is 33.9. The van der Waals surface area contributed by atoms with E-state index in [1.54, 1.807) is 0 Å². The molecule has 1 saturated carbocycles. The lowest BCUT2D eigenvalue weighted by Gasteiger charge is -2.17. The SMILES string of the molecule is C=CCCC(O)C1=CC[C@@H]2[C@H](C1)C2(C)C. The Balaban J connectivity index is 1.91. The molecule has 0 aromatic heterocycles. The second kappa shape index (κ2) is 3.79. The lowest BCUT2D eigenvalue weighted by Crippen LogP contribution is -2.13. The molecule has 1 unspecified atom stereocenters. The van der Waals surface area contributed by atoms with E-state index < -0.39 is 0 Å². The lowest BCUT2D eigenvalue weighted by atomic mass is 9.93. The monoisotopic (exact) mass is 206 g/mol. The zero-order chi connectivity index (χ0) is 11.1. The third-order valence-electron chi connectivity index (χ3n) is 4.45. The van der Waals surface area contributed by atoms with Crippen molar-refractivity contribution >= 4 is 0 Å². The molecular formula is C14H22O. The second-order valence-electron chi connectivity index (χ2n) is 5.64. The summed E-state index contributed by atoms with van der Waals surface area (Å²) < 4.78 is 0. The first kappa shape index (κ1) is 10.9. The van der Waals surface area contributed by atoms with Gasteiger partial charge in [0.25, 0.3) is 0 Å². The van der Waals surface area contributed by atoms with Gasteiger partial charge >= 0.3 is 0 Å². The van der Waals surface area contributed by atoms with Gasteiger partial charge in [0.05, 0.1) is 6.10 Å². The molecule has 2 aliphatic carbocycles. The first-order valence-corrected chi connectivity index (χ1v) is 6.05. The van der Waals surface area contributed by atoms with Gasteiger partial charge in [-0.1, -0.05) is 26.0 Å². The number of hydrogen-bond acceptors (Lipinski definition) is 1. The van der Waals surface area contributed by atoms with Gasteiger partial charge in [0.1, 0.15) is 0 Å². The third-order valence-corrected chi connectivity index (χ3v) is 4.45. The molecule has 2 aliphatic rings. The number of aliphatic hydroxyl groups excluding tert-OH is 1. The third kappa shape index (κ3) is 1.90. The molecule has 0 heterocycles. The number of aliphatic hydroxyl groups is 1. The number of rotatable bonds is 4. The van der Waals surface area contributed by atoms with Gasteiger partial charge in [0.2, 0.25) is 0 Å². The van der Waals surface area contributed by atoms with Gasteiger partial charge < -0.3 is 5.11 Å². The summed E-state index contributed by atoms with van der Waals surface area (Å²) in [4.78, 5) is 0. The van der Waals surface area contributed by atoms with Crippen LogP contribution in [-0.2, 0) is 0 Å². The predicted molar refractivity (Wildman–Crippen MR) is 63.5 cm³/mol. The standard InChI is InChI=1S/C14H22O/c1-4-5-6-13(15)10-7-8-11-12(9-10)14(11,2)3/h4,7,11-13,15H,1,5-6,8-9H2,2-3H3/t11-,12+,13?/m1/s1. The van der Waals surface area contributed by atoms with Crippen LogP contribution < -0.4 is 0 Å². The van der Waals surface area contributed by atoms with Gasteiger partial charge in [0.15, 0.2) is 0 Å². The molecule has 15 heavy (non-hydrogen) atoms. The average Bonchev–Trinajstić information content (AvgIpc) is 2.78. The van der Waals surface area contributed by atoms with E-state index in [1.807, 2.05) is 6.08 Å². The van der Waals surface area contributed by atoms with Crippen LogP contribution in [-0.4, -0.2) is 11.2 Å². The Kier molecular flexibility index (Phi) is 2.76. The van der Waals surface area contributed by atoms with E-state index in [0.717, 1.165) is 31.1 Å². The zero-order valence-electron chi connectivity index (χ0n) is 9.87. The van der Waals surface area contributed by atoms with Crippen molar-refractivity contribution < 1.29 is 5.11 Å². The first-order valence-electron chi connectivity index (χ1n) is 6.05. The van der Waals surface area contributed by atoms with Crippen molar-refractivity contribution in [3.8, 4) is 0 Å². The van der Waals surface area contributed by atoms with Gasteiger partial charge in [-0.15, -0.1) is 6.58 Å². The molecule has 1 nitrogen and oxygen atoms in total. The highest BCUT2D eigenvalue weighted by atomic mass is 16.3. The van der Waals surface area contributed by atoms with Crippen molar-refractivity contribution in [2.24, 2.45) is 17.3 Å². The van der Waals surface area contributed by atoms with Crippen molar-refractivity contribution in [3.63, 3.8) is 0 Å². The quantitative estimate of drug-likeness (QED) is 0.700. The largest absolute Gasteiger partial charge is 0.389 e. The van der Waals surface area contributed by atoms with Crippen LogP contribution in [0.4, 0.5) is 0 Å². The Morgan fingerprint density at radius 3 is 2.93 bits per heavy atom. The van der Waals surface area contributed by atoms with Crippen LogP contribution >= 0.6 is 0 Å². The molecule has 3 atom stereocenters. The van der Waals surface area contributed by atoms with Crippen molar-refractivity contribution in [1.82, 2.24) is 0 Å². The summed E-state index contributed by atoms with van der Waals surface area (Å²) in [6, 6.07) is 0. The summed E-state index contributed by atoms with van der Waals surface area (Å²) in [5, 5.41) is 10.00. The van der Waals surface area contributed by atoms with Crippen LogP contribution in [0.2, 0.25) is 0 Å². The summed E-state index contributed by atoms with van der Waals surface area (Å²) in [5.41, 5.74) is 1.81. The van der Waals surface area contributed by atoms with E-state index >= 15 is 0 Å². The number of hydrogen-bond donors (Lipinski definition) is 1. The van der Waals surface area contributed by atoms with Gasteiger partial charge in [-0.25, -0.2) is 0 Å². The highest BCUT2D eigenvalue weighted by Crippen LogP contribution is 2.64. The molecule has 0 spiro atoms. The molecule has 1 N–H and O–H groups in total. The summed E-state index contributed by atoms with van der Waals surface area (Å²) in [7, 11) is 0. The van der Waals surface area contributed by atoms with Crippen molar-refractivity contribution in [2.75, 3.05) is 0 Å². The maximum absolute atomic E-state index is 10.00. The summed E-state index contributed by atoms with van der Waals surface area (Å²) in [6.45, 7) is 8.41. The Hall–Kier alpha value is -0.560. The van der Waals surface area contributed by atoms with Gasteiger partial charge in [-0.05, 0) is 48.5 Å². The minimum Gasteiger partial charge on any atom is -0.389 e. The fraction of sp³-hybridized carbons (Fsp3) is 0.714. The second-order valence-corrected chi connectivity index (χ2v) is 5.64. The van der Waals surface area contributed by atoms with Crippen LogP contribution in [0, 0.1) is 17.3 Å². The summed E-state index contributed by atoms with van der Waals surface area (Å²) in [6.07, 6.45) is 8.00. The van der Waals surface area contributed by atoms with Crippen molar-refractivity contribution in [3.05, 3.63) is 24.3 Å². The molecule has 1 fully saturated rings. The first-order chi connectivity index (χ1) is 7.07. The van der Waals surface area contributed by atoms with Gasteiger partial charge in [-0.3, -0.25) is 0 Å². The summed E-state index contributed by atoms with van der Waals surface area (Å²) in [5.74, 6) is 1.71. The van der Waals surface area contributed by atoms with Crippen LogP contribution in [0.5, 0.6) is 0 Å². The van der Waals surface area contributed by atoms with E-state index in [2.05, 4.69) is 26.5 Å². The smallest absolute Gasteiger partial charge is 0.0753 e. The van der Waals surface area contributed by atoms with Gasteiger partial charge in [-0.2, -0.15) is 0 Å². The van der Waals surface area contributed by atoms with Crippen LogP contribution in [0.15, 0.2) is 24.3 Å². The Morgan fingerprint density at radius 2 is 2.33 bits per heavy atom. The zero-order valence-corrected chi connectivity index (χ0v) is 9.87. The minimum absolute atomic E-state index is 0.222. The Morgan fingerprint density at radius 1 is 1.60 bits per heavy atom. The maximum atomic E-state index is 10.00. The lowest BCUT2D eigenvalue weighted by molar-refractivity contribution is 0.193. The van der Waals surface area contributed by atoms with Crippen LogP contribution in [0.3, 0.4) is 0 Å². The van der Waals surface area contributed by atoms with Crippen LogP contribution in [0.25, 0.3) is 0 Å². The van der Waals surface area contributed by atoms with E-state index in [9.17, 15) is 5.11 Å². The molecule has 84 valence electrons. The molecule has 2 rings (SSSR count). The summed E-state index contributed by atoms with van der Waals surface area (Å²) >= 11 is 0. The number of fused-ring (bicyclic) bond motifs is 1. The Labute approximate surface area is 92.9 Å². The molecule has 0 saturated heterocycles. The highest BCUT2D eigenvalue weighted by Gasteiger charge is 2.57. The molecule has 0 radical (unpaired) electrons. The van der Waals surface area contributed by atoms with E-state index in [1.165, 1.54) is 12.0 Å². The molecule has 0 aromatic carbocycles. The Bertz CT molecular complexity index is 288. The van der Waals surface area contributed by atoms with E-state index in [4.69, 9.17) is 0 Å². The fourth-order valence-electron chi connectivity index (χ4n) is 3.08. The average molecular weight is 206 g/mol.